The molecule has 2 N–H and O–H groups in total. The molecular weight excluding hydrogens is 138 g/mol. The van der Waals surface area contributed by atoms with Crippen molar-refractivity contribution in [1.82, 2.24) is 5.32 Å². The lowest BCUT2D eigenvalue weighted by Crippen LogP contribution is -2.34. The Kier molecular flexibility index (Phi) is 2.90. The van der Waals surface area contributed by atoms with E-state index in [1.807, 2.05) is 6.92 Å². The molecule has 1 rings (SSSR count). The van der Waals surface area contributed by atoms with Crippen LogP contribution in [0.25, 0.3) is 0 Å². The predicted octanol–water partition coefficient (Wildman–Crippen LogP) is 1.00. The van der Waals surface area contributed by atoms with E-state index >= 15 is 0 Å². The molecule has 0 radical (unpaired) electrons. The molecular formula is C9H19NO. The number of hydrogen-bond acceptors (Lipinski definition) is 2. The largest absolute Gasteiger partial charge is 0.392 e. The van der Waals surface area contributed by atoms with Crippen LogP contribution in [0.4, 0.5) is 0 Å². The fraction of sp³-hybridized carbons (Fsp3) is 1.00. The maximum absolute atomic E-state index is 9.01. The Balaban J connectivity index is 2.07. The zero-order valence-corrected chi connectivity index (χ0v) is 7.67. The Labute approximate surface area is 69.0 Å². The predicted molar refractivity (Wildman–Crippen MR) is 46.4 cm³/mol. The fourth-order valence-corrected chi connectivity index (χ4v) is 1.56. The van der Waals surface area contributed by atoms with Gasteiger partial charge in [0.15, 0.2) is 0 Å². The van der Waals surface area contributed by atoms with E-state index in [-0.39, 0.29) is 6.10 Å². The fourth-order valence-electron chi connectivity index (χ4n) is 1.56. The van der Waals surface area contributed by atoms with E-state index in [0.29, 0.717) is 6.04 Å². The first kappa shape index (κ1) is 9.01. The first-order valence-corrected chi connectivity index (χ1v) is 4.52. The van der Waals surface area contributed by atoms with Gasteiger partial charge in [-0.3, -0.25) is 0 Å². The summed E-state index contributed by atoms with van der Waals surface area (Å²) in [5.41, 5.74) is 0. The smallest absolute Gasteiger partial charge is 0.0636 e. The Hall–Kier alpha value is -0.0800. The Morgan fingerprint density at radius 2 is 2.09 bits per heavy atom. The van der Waals surface area contributed by atoms with Gasteiger partial charge in [-0.05, 0) is 32.1 Å². The molecule has 11 heavy (non-hydrogen) atoms. The van der Waals surface area contributed by atoms with Crippen LogP contribution in [-0.4, -0.2) is 23.8 Å². The summed E-state index contributed by atoms with van der Waals surface area (Å²) in [5, 5.41) is 12.3. The standard InChI is InChI=1S/C9H19NO/c1-6-4-9(6)8(3)10-5-7(2)11/h6-11H,4-5H2,1-3H3/t6?,7-,8?,9?/m0/s1. The van der Waals surface area contributed by atoms with Crippen LogP contribution in [0.5, 0.6) is 0 Å². The van der Waals surface area contributed by atoms with Crippen molar-refractivity contribution in [1.29, 1.82) is 0 Å². The molecule has 0 aromatic rings. The van der Waals surface area contributed by atoms with Crippen molar-refractivity contribution in [2.75, 3.05) is 6.54 Å². The van der Waals surface area contributed by atoms with Gasteiger partial charge >= 0.3 is 0 Å². The molecule has 0 amide bonds. The summed E-state index contributed by atoms with van der Waals surface area (Å²) in [6, 6.07) is 0.583. The van der Waals surface area contributed by atoms with E-state index in [9.17, 15) is 0 Å². The topological polar surface area (TPSA) is 32.3 Å². The molecule has 0 saturated heterocycles. The molecule has 0 heterocycles. The van der Waals surface area contributed by atoms with E-state index in [2.05, 4.69) is 19.2 Å². The van der Waals surface area contributed by atoms with Crippen molar-refractivity contribution in [3.8, 4) is 0 Å². The lowest BCUT2D eigenvalue weighted by Gasteiger charge is -2.14. The van der Waals surface area contributed by atoms with E-state index in [1.165, 1.54) is 6.42 Å². The molecule has 0 aliphatic heterocycles. The van der Waals surface area contributed by atoms with Crippen LogP contribution >= 0.6 is 0 Å². The minimum Gasteiger partial charge on any atom is -0.392 e. The van der Waals surface area contributed by atoms with E-state index in [0.717, 1.165) is 18.4 Å². The minimum atomic E-state index is -0.216. The van der Waals surface area contributed by atoms with Gasteiger partial charge in [-0.1, -0.05) is 6.92 Å². The summed E-state index contributed by atoms with van der Waals surface area (Å²) in [5.74, 6) is 1.75. The van der Waals surface area contributed by atoms with Gasteiger partial charge < -0.3 is 10.4 Å². The second-order valence-electron chi connectivity index (χ2n) is 3.92. The molecule has 2 heteroatoms. The van der Waals surface area contributed by atoms with Crippen LogP contribution in [0.2, 0.25) is 0 Å². The van der Waals surface area contributed by atoms with Crippen molar-refractivity contribution >= 4 is 0 Å². The summed E-state index contributed by atoms with van der Waals surface area (Å²) in [7, 11) is 0. The highest BCUT2D eigenvalue weighted by molar-refractivity contribution is 4.90. The maximum atomic E-state index is 9.01. The Morgan fingerprint density at radius 3 is 2.45 bits per heavy atom. The number of aliphatic hydroxyl groups excluding tert-OH is 1. The van der Waals surface area contributed by atoms with Gasteiger partial charge in [0.2, 0.25) is 0 Å². The zero-order valence-electron chi connectivity index (χ0n) is 7.67. The summed E-state index contributed by atoms with van der Waals surface area (Å²) in [4.78, 5) is 0. The molecule has 0 aromatic heterocycles. The van der Waals surface area contributed by atoms with Crippen LogP contribution < -0.4 is 5.32 Å². The second-order valence-corrected chi connectivity index (χ2v) is 3.92. The van der Waals surface area contributed by atoms with Gasteiger partial charge in [-0.2, -0.15) is 0 Å². The van der Waals surface area contributed by atoms with Gasteiger partial charge in [0.05, 0.1) is 6.10 Å². The van der Waals surface area contributed by atoms with Crippen LogP contribution in [-0.2, 0) is 0 Å². The quantitative estimate of drug-likeness (QED) is 0.638. The van der Waals surface area contributed by atoms with Crippen molar-refractivity contribution in [2.24, 2.45) is 11.8 Å². The van der Waals surface area contributed by atoms with Gasteiger partial charge in [0.1, 0.15) is 0 Å². The molecule has 2 nitrogen and oxygen atoms in total. The van der Waals surface area contributed by atoms with Crippen molar-refractivity contribution in [3.05, 3.63) is 0 Å². The molecule has 66 valence electrons. The average molecular weight is 157 g/mol. The summed E-state index contributed by atoms with van der Waals surface area (Å²) < 4.78 is 0. The molecule has 1 aliphatic rings. The minimum absolute atomic E-state index is 0.216. The van der Waals surface area contributed by atoms with E-state index in [4.69, 9.17) is 5.11 Å². The van der Waals surface area contributed by atoms with Crippen LogP contribution in [0.1, 0.15) is 27.2 Å². The highest BCUT2D eigenvalue weighted by Gasteiger charge is 2.36. The SMILES string of the molecule is CC1CC1C(C)NC[C@H](C)O. The molecule has 1 saturated carbocycles. The van der Waals surface area contributed by atoms with E-state index < -0.39 is 0 Å². The second kappa shape index (κ2) is 3.55. The molecule has 0 spiro atoms. The van der Waals surface area contributed by atoms with Gasteiger partial charge in [0.25, 0.3) is 0 Å². The summed E-state index contributed by atoms with van der Waals surface area (Å²) >= 11 is 0. The monoisotopic (exact) mass is 157 g/mol. The maximum Gasteiger partial charge on any atom is 0.0636 e. The average Bonchev–Trinajstić information content (AvgIpc) is 2.61. The van der Waals surface area contributed by atoms with Crippen molar-refractivity contribution in [2.45, 2.75) is 39.3 Å². The lowest BCUT2D eigenvalue weighted by atomic mass is 10.2. The van der Waals surface area contributed by atoms with Crippen molar-refractivity contribution < 1.29 is 5.11 Å². The van der Waals surface area contributed by atoms with Gasteiger partial charge in [0, 0.05) is 12.6 Å². The third kappa shape index (κ3) is 2.80. The first-order valence-electron chi connectivity index (χ1n) is 4.52. The van der Waals surface area contributed by atoms with Gasteiger partial charge in [-0.15, -0.1) is 0 Å². The lowest BCUT2D eigenvalue weighted by molar-refractivity contribution is 0.185. The van der Waals surface area contributed by atoms with E-state index in [1.54, 1.807) is 0 Å². The number of hydrogen-bond donors (Lipinski definition) is 2. The number of nitrogens with one attached hydrogen (secondary N) is 1. The third-order valence-corrected chi connectivity index (χ3v) is 2.55. The normalized spacial score (nSPS) is 34.9. The molecule has 0 bridgehead atoms. The highest BCUT2D eigenvalue weighted by Crippen LogP contribution is 2.40. The van der Waals surface area contributed by atoms with Crippen LogP contribution in [0, 0.1) is 11.8 Å². The summed E-state index contributed by atoms with van der Waals surface area (Å²) in [6.45, 7) is 7.03. The Bertz CT molecular complexity index is 125. The molecule has 3 unspecified atom stereocenters. The number of rotatable bonds is 4. The number of aliphatic hydroxyl groups is 1. The third-order valence-electron chi connectivity index (χ3n) is 2.55. The highest BCUT2D eigenvalue weighted by atomic mass is 16.3. The molecule has 1 aliphatic carbocycles. The van der Waals surface area contributed by atoms with Crippen LogP contribution in [0.3, 0.4) is 0 Å². The molecule has 4 atom stereocenters. The van der Waals surface area contributed by atoms with Crippen LogP contribution in [0.15, 0.2) is 0 Å². The summed E-state index contributed by atoms with van der Waals surface area (Å²) in [6.07, 6.45) is 1.14. The van der Waals surface area contributed by atoms with Gasteiger partial charge in [-0.25, -0.2) is 0 Å². The first-order chi connectivity index (χ1) is 5.11. The molecule has 1 fully saturated rings. The zero-order chi connectivity index (χ0) is 8.43. The van der Waals surface area contributed by atoms with Crippen molar-refractivity contribution in [3.63, 3.8) is 0 Å². The molecule has 0 aromatic carbocycles. The Morgan fingerprint density at radius 1 is 1.55 bits per heavy atom.